The van der Waals surface area contributed by atoms with Gasteiger partial charge in [-0.15, -0.1) is 0 Å². The molecule has 1 aliphatic rings. The minimum atomic E-state index is 0.413. The quantitative estimate of drug-likeness (QED) is 0.864. The fourth-order valence-electron chi connectivity index (χ4n) is 2.69. The van der Waals surface area contributed by atoms with Crippen LogP contribution in [0.1, 0.15) is 29.4 Å². The topological polar surface area (TPSA) is 38.2 Å². The van der Waals surface area contributed by atoms with Gasteiger partial charge in [0.05, 0.1) is 12.3 Å². The number of benzene rings is 1. The van der Waals surface area contributed by atoms with E-state index in [1.54, 1.807) is 0 Å². The van der Waals surface area contributed by atoms with E-state index in [0.717, 1.165) is 43.5 Å². The van der Waals surface area contributed by atoms with Gasteiger partial charge in [0.2, 0.25) is 0 Å². The standard InChI is InChI=1S/C17H21N3O/c1-13-18-16(15-8-9-21-12-15)10-17(19-13)20(2)11-14-6-4-3-5-7-14/h3-7,10,15H,8-9,11-12H2,1-2H3/t15-/m0/s1. The Labute approximate surface area is 125 Å². The van der Waals surface area contributed by atoms with Crippen molar-refractivity contribution in [1.82, 2.24) is 9.97 Å². The molecule has 4 nitrogen and oxygen atoms in total. The van der Waals surface area contributed by atoms with Crippen LogP contribution >= 0.6 is 0 Å². The Hall–Kier alpha value is -1.94. The fraction of sp³-hybridized carbons (Fsp3) is 0.412. The minimum absolute atomic E-state index is 0.413. The second-order valence-corrected chi connectivity index (χ2v) is 5.60. The van der Waals surface area contributed by atoms with E-state index in [4.69, 9.17) is 4.74 Å². The van der Waals surface area contributed by atoms with Crippen molar-refractivity contribution >= 4 is 5.82 Å². The Morgan fingerprint density at radius 1 is 1.24 bits per heavy atom. The van der Waals surface area contributed by atoms with Crippen molar-refractivity contribution in [2.45, 2.75) is 25.8 Å². The minimum Gasteiger partial charge on any atom is -0.381 e. The molecule has 0 amide bonds. The first kappa shape index (κ1) is 14.0. The lowest BCUT2D eigenvalue weighted by molar-refractivity contribution is 0.193. The predicted octanol–water partition coefficient (Wildman–Crippen LogP) is 2.93. The lowest BCUT2D eigenvalue weighted by Crippen LogP contribution is -2.19. The van der Waals surface area contributed by atoms with Crippen LogP contribution in [0.5, 0.6) is 0 Å². The van der Waals surface area contributed by atoms with E-state index in [9.17, 15) is 0 Å². The molecule has 3 rings (SSSR count). The Morgan fingerprint density at radius 2 is 2.05 bits per heavy atom. The molecule has 0 bridgehead atoms. The summed E-state index contributed by atoms with van der Waals surface area (Å²) < 4.78 is 5.47. The van der Waals surface area contributed by atoms with Gasteiger partial charge in [-0.2, -0.15) is 0 Å². The average molecular weight is 283 g/mol. The number of hydrogen-bond acceptors (Lipinski definition) is 4. The first-order chi connectivity index (χ1) is 10.2. The third-order valence-corrected chi connectivity index (χ3v) is 3.85. The number of hydrogen-bond donors (Lipinski definition) is 0. The molecule has 0 saturated carbocycles. The van der Waals surface area contributed by atoms with Crippen molar-refractivity contribution in [1.29, 1.82) is 0 Å². The van der Waals surface area contributed by atoms with Gasteiger partial charge in [0, 0.05) is 32.2 Å². The maximum atomic E-state index is 5.47. The number of anilines is 1. The van der Waals surface area contributed by atoms with Crippen LogP contribution < -0.4 is 4.90 Å². The molecule has 110 valence electrons. The summed E-state index contributed by atoms with van der Waals surface area (Å²) in [4.78, 5) is 11.3. The van der Waals surface area contributed by atoms with E-state index >= 15 is 0 Å². The smallest absolute Gasteiger partial charge is 0.132 e. The van der Waals surface area contributed by atoms with Gasteiger partial charge in [-0.1, -0.05) is 30.3 Å². The molecular weight excluding hydrogens is 262 g/mol. The summed E-state index contributed by atoms with van der Waals surface area (Å²) in [5.74, 6) is 2.22. The highest BCUT2D eigenvalue weighted by Gasteiger charge is 2.20. The largest absolute Gasteiger partial charge is 0.381 e. The van der Waals surface area contributed by atoms with E-state index in [-0.39, 0.29) is 0 Å². The zero-order valence-corrected chi connectivity index (χ0v) is 12.6. The molecule has 1 atom stereocenters. The molecule has 0 unspecified atom stereocenters. The van der Waals surface area contributed by atoms with Crippen molar-refractivity contribution in [2.24, 2.45) is 0 Å². The van der Waals surface area contributed by atoms with E-state index in [2.05, 4.69) is 52.2 Å². The van der Waals surface area contributed by atoms with Crippen molar-refractivity contribution in [3.05, 3.63) is 53.5 Å². The number of aromatic nitrogens is 2. The Bertz CT molecular complexity index is 594. The SMILES string of the molecule is Cc1nc([C@H]2CCOC2)cc(N(C)Cc2ccccc2)n1. The van der Waals surface area contributed by atoms with E-state index < -0.39 is 0 Å². The van der Waals surface area contributed by atoms with Gasteiger partial charge in [-0.25, -0.2) is 9.97 Å². The molecule has 2 aromatic rings. The molecular formula is C17H21N3O. The van der Waals surface area contributed by atoms with Crippen LogP contribution in [-0.2, 0) is 11.3 Å². The molecule has 21 heavy (non-hydrogen) atoms. The summed E-state index contributed by atoms with van der Waals surface area (Å²) in [7, 11) is 2.07. The molecule has 1 aliphatic heterocycles. The average Bonchev–Trinajstić information content (AvgIpc) is 3.02. The first-order valence-corrected chi connectivity index (χ1v) is 7.41. The van der Waals surface area contributed by atoms with Crippen molar-refractivity contribution in [3.63, 3.8) is 0 Å². The van der Waals surface area contributed by atoms with Gasteiger partial charge in [0.1, 0.15) is 11.6 Å². The fourth-order valence-corrected chi connectivity index (χ4v) is 2.69. The monoisotopic (exact) mass is 283 g/mol. The molecule has 0 N–H and O–H groups in total. The third-order valence-electron chi connectivity index (χ3n) is 3.85. The third kappa shape index (κ3) is 3.39. The van der Waals surface area contributed by atoms with Crippen LogP contribution in [0.25, 0.3) is 0 Å². The van der Waals surface area contributed by atoms with Gasteiger partial charge in [0.25, 0.3) is 0 Å². The second-order valence-electron chi connectivity index (χ2n) is 5.60. The molecule has 4 heteroatoms. The molecule has 2 heterocycles. The van der Waals surface area contributed by atoms with E-state index in [1.807, 2.05) is 13.0 Å². The highest BCUT2D eigenvalue weighted by Crippen LogP contribution is 2.26. The van der Waals surface area contributed by atoms with Crippen LogP contribution in [0.15, 0.2) is 36.4 Å². The predicted molar refractivity (Wildman–Crippen MR) is 83.5 cm³/mol. The summed E-state index contributed by atoms with van der Waals surface area (Å²) in [5.41, 5.74) is 2.39. The van der Waals surface area contributed by atoms with Gasteiger partial charge in [-0.3, -0.25) is 0 Å². The summed E-state index contributed by atoms with van der Waals surface area (Å²) in [5, 5.41) is 0. The molecule has 1 aromatic carbocycles. The van der Waals surface area contributed by atoms with Gasteiger partial charge < -0.3 is 9.64 Å². The van der Waals surface area contributed by atoms with Crippen molar-refractivity contribution in [3.8, 4) is 0 Å². The van der Waals surface area contributed by atoms with E-state index in [0.29, 0.717) is 5.92 Å². The molecule has 1 saturated heterocycles. The molecule has 0 radical (unpaired) electrons. The second kappa shape index (κ2) is 6.22. The van der Waals surface area contributed by atoms with Gasteiger partial charge >= 0.3 is 0 Å². The van der Waals surface area contributed by atoms with E-state index in [1.165, 1.54) is 5.56 Å². The summed E-state index contributed by atoms with van der Waals surface area (Å²) in [6, 6.07) is 12.5. The lowest BCUT2D eigenvalue weighted by Gasteiger charge is -2.20. The number of nitrogens with zero attached hydrogens (tertiary/aromatic N) is 3. The zero-order chi connectivity index (χ0) is 14.7. The first-order valence-electron chi connectivity index (χ1n) is 7.41. The van der Waals surface area contributed by atoms with Crippen LogP contribution in [0.3, 0.4) is 0 Å². The molecule has 1 fully saturated rings. The van der Waals surface area contributed by atoms with Crippen molar-refractivity contribution in [2.75, 3.05) is 25.2 Å². The summed E-state index contributed by atoms with van der Waals surface area (Å²) >= 11 is 0. The maximum absolute atomic E-state index is 5.47. The van der Waals surface area contributed by atoms with Crippen LogP contribution in [0, 0.1) is 6.92 Å². The summed E-state index contributed by atoms with van der Waals surface area (Å²) in [6.45, 7) is 4.41. The lowest BCUT2D eigenvalue weighted by atomic mass is 10.0. The highest BCUT2D eigenvalue weighted by atomic mass is 16.5. The Balaban J connectivity index is 1.80. The Kier molecular flexibility index (Phi) is 4.15. The molecule has 1 aromatic heterocycles. The number of aryl methyl sites for hydroxylation is 1. The van der Waals surface area contributed by atoms with Crippen molar-refractivity contribution < 1.29 is 4.74 Å². The van der Waals surface area contributed by atoms with Gasteiger partial charge in [0.15, 0.2) is 0 Å². The number of rotatable bonds is 4. The summed E-state index contributed by atoms with van der Waals surface area (Å²) in [6.07, 6.45) is 1.05. The maximum Gasteiger partial charge on any atom is 0.132 e. The Morgan fingerprint density at radius 3 is 2.76 bits per heavy atom. The van der Waals surface area contributed by atoms with Crippen LogP contribution in [0.4, 0.5) is 5.82 Å². The van der Waals surface area contributed by atoms with Crippen LogP contribution in [0.2, 0.25) is 0 Å². The molecule has 0 aliphatic carbocycles. The number of ether oxygens (including phenoxy) is 1. The van der Waals surface area contributed by atoms with Gasteiger partial charge in [-0.05, 0) is 18.9 Å². The zero-order valence-electron chi connectivity index (χ0n) is 12.6. The van der Waals surface area contributed by atoms with Crippen LogP contribution in [-0.4, -0.2) is 30.2 Å². The molecule has 0 spiro atoms. The highest BCUT2D eigenvalue weighted by molar-refractivity contribution is 5.41. The normalized spacial score (nSPS) is 17.9.